The second-order valence-electron chi connectivity index (χ2n) is 5.23. The lowest BCUT2D eigenvalue weighted by molar-refractivity contribution is -0.0704. The van der Waals surface area contributed by atoms with Crippen molar-refractivity contribution < 1.29 is 14.2 Å². The number of hydrogen-bond acceptors (Lipinski definition) is 3. The number of halogens is 1. The van der Waals surface area contributed by atoms with Crippen LogP contribution in [0.4, 0.5) is 4.39 Å². The topological polar surface area (TPSA) is 32.7 Å². The molecule has 1 aliphatic heterocycles. The molecule has 1 N–H and O–H groups in total. The summed E-state index contributed by atoms with van der Waals surface area (Å²) in [5.41, 5.74) is 1.36. The standard InChI is InChI=1S/C16H20FNO2/c1-12-9-18(10-13(2)20-12)11-14-5-6-16(17)15(8-14)4-3-7-19/h5-6,8,12-13,19H,7,9-11H2,1-2H3. The van der Waals surface area contributed by atoms with Crippen LogP contribution in [-0.2, 0) is 11.3 Å². The summed E-state index contributed by atoms with van der Waals surface area (Å²) in [6.07, 6.45) is 0.431. The molecule has 108 valence electrons. The highest BCUT2D eigenvalue weighted by Crippen LogP contribution is 2.16. The zero-order valence-electron chi connectivity index (χ0n) is 11.9. The SMILES string of the molecule is CC1CN(Cc2ccc(F)c(C#CCO)c2)CC(C)O1. The smallest absolute Gasteiger partial charge is 0.138 e. The van der Waals surface area contributed by atoms with E-state index >= 15 is 0 Å². The fourth-order valence-corrected chi connectivity index (χ4v) is 2.57. The van der Waals surface area contributed by atoms with Crippen LogP contribution in [0.5, 0.6) is 0 Å². The van der Waals surface area contributed by atoms with Gasteiger partial charge in [-0.25, -0.2) is 4.39 Å². The molecular formula is C16H20FNO2. The molecule has 1 aromatic rings. The van der Waals surface area contributed by atoms with Crippen molar-refractivity contribution in [3.05, 3.63) is 35.1 Å². The summed E-state index contributed by atoms with van der Waals surface area (Å²) in [6, 6.07) is 4.97. The van der Waals surface area contributed by atoms with E-state index < -0.39 is 0 Å². The number of nitrogens with zero attached hydrogens (tertiary/aromatic N) is 1. The summed E-state index contributed by atoms with van der Waals surface area (Å²) in [6.45, 7) is 6.37. The summed E-state index contributed by atoms with van der Waals surface area (Å²) < 4.78 is 19.3. The Balaban J connectivity index is 2.09. The quantitative estimate of drug-likeness (QED) is 0.836. The Morgan fingerprint density at radius 1 is 1.35 bits per heavy atom. The molecule has 1 aromatic carbocycles. The second kappa shape index (κ2) is 6.85. The maximum atomic E-state index is 13.6. The molecule has 0 saturated carbocycles. The summed E-state index contributed by atoms with van der Waals surface area (Å²) in [5, 5.41) is 8.69. The molecule has 0 amide bonds. The Bertz CT molecular complexity index is 511. The maximum absolute atomic E-state index is 13.6. The van der Waals surface area contributed by atoms with Gasteiger partial charge in [0, 0.05) is 19.6 Å². The Morgan fingerprint density at radius 2 is 2.05 bits per heavy atom. The molecular weight excluding hydrogens is 257 g/mol. The van der Waals surface area contributed by atoms with E-state index in [-0.39, 0.29) is 24.6 Å². The van der Waals surface area contributed by atoms with E-state index in [0.717, 1.165) is 25.2 Å². The van der Waals surface area contributed by atoms with E-state index in [4.69, 9.17) is 9.84 Å². The molecule has 2 unspecified atom stereocenters. The van der Waals surface area contributed by atoms with Gasteiger partial charge in [-0.15, -0.1) is 0 Å². The minimum Gasteiger partial charge on any atom is -0.384 e. The van der Waals surface area contributed by atoms with Gasteiger partial charge in [0.05, 0.1) is 17.8 Å². The Kier molecular flexibility index (Phi) is 5.13. The lowest BCUT2D eigenvalue weighted by Gasteiger charge is -2.35. The third kappa shape index (κ3) is 4.04. The van der Waals surface area contributed by atoms with E-state index in [9.17, 15) is 4.39 Å². The van der Waals surface area contributed by atoms with Gasteiger partial charge in [-0.2, -0.15) is 0 Å². The third-order valence-corrected chi connectivity index (χ3v) is 3.23. The molecule has 1 aliphatic rings. The van der Waals surface area contributed by atoms with Crippen molar-refractivity contribution in [3.8, 4) is 11.8 Å². The van der Waals surface area contributed by atoms with Gasteiger partial charge in [0.25, 0.3) is 0 Å². The third-order valence-electron chi connectivity index (χ3n) is 3.23. The number of ether oxygens (including phenoxy) is 1. The molecule has 0 aliphatic carbocycles. The van der Waals surface area contributed by atoms with Gasteiger partial charge < -0.3 is 9.84 Å². The van der Waals surface area contributed by atoms with Crippen molar-refractivity contribution in [2.24, 2.45) is 0 Å². The van der Waals surface area contributed by atoms with Crippen molar-refractivity contribution in [2.45, 2.75) is 32.6 Å². The van der Waals surface area contributed by atoms with Crippen LogP contribution in [0.15, 0.2) is 18.2 Å². The van der Waals surface area contributed by atoms with Crippen LogP contribution in [0.1, 0.15) is 25.0 Å². The first-order valence-corrected chi connectivity index (χ1v) is 6.84. The molecule has 0 radical (unpaired) electrons. The van der Waals surface area contributed by atoms with Crippen LogP contribution in [0, 0.1) is 17.7 Å². The van der Waals surface area contributed by atoms with Crippen LogP contribution < -0.4 is 0 Å². The predicted molar refractivity (Wildman–Crippen MR) is 75.6 cm³/mol. The zero-order valence-corrected chi connectivity index (χ0v) is 11.9. The molecule has 4 heteroatoms. The van der Waals surface area contributed by atoms with E-state index in [1.54, 1.807) is 12.1 Å². The van der Waals surface area contributed by atoms with Crippen molar-refractivity contribution in [3.63, 3.8) is 0 Å². The molecule has 1 heterocycles. The van der Waals surface area contributed by atoms with E-state index in [1.807, 2.05) is 0 Å². The molecule has 20 heavy (non-hydrogen) atoms. The first kappa shape index (κ1) is 15.0. The molecule has 1 fully saturated rings. The van der Waals surface area contributed by atoms with Crippen molar-refractivity contribution >= 4 is 0 Å². The van der Waals surface area contributed by atoms with E-state index in [2.05, 4.69) is 30.6 Å². The average Bonchev–Trinajstić information content (AvgIpc) is 2.38. The average molecular weight is 277 g/mol. The van der Waals surface area contributed by atoms with Gasteiger partial charge in [0.1, 0.15) is 12.4 Å². The molecule has 2 atom stereocenters. The number of rotatable bonds is 2. The summed E-state index contributed by atoms with van der Waals surface area (Å²) in [4.78, 5) is 2.30. The minimum absolute atomic E-state index is 0.216. The second-order valence-corrected chi connectivity index (χ2v) is 5.23. The molecule has 1 saturated heterocycles. The fourth-order valence-electron chi connectivity index (χ4n) is 2.57. The molecule has 0 bridgehead atoms. The number of morpholine rings is 1. The van der Waals surface area contributed by atoms with Crippen LogP contribution in [0.2, 0.25) is 0 Å². The van der Waals surface area contributed by atoms with Crippen LogP contribution >= 0.6 is 0 Å². The Hall–Kier alpha value is -1.41. The van der Waals surface area contributed by atoms with E-state index in [0.29, 0.717) is 5.56 Å². The summed E-state index contributed by atoms with van der Waals surface area (Å²) in [5.74, 6) is 4.77. The van der Waals surface area contributed by atoms with Crippen molar-refractivity contribution in [2.75, 3.05) is 19.7 Å². The number of benzene rings is 1. The largest absolute Gasteiger partial charge is 0.384 e. The van der Waals surface area contributed by atoms with Gasteiger partial charge in [0.15, 0.2) is 0 Å². The highest BCUT2D eigenvalue weighted by molar-refractivity contribution is 5.38. The Morgan fingerprint density at radius 3 is 2.70 bits per heavy atom. The summed E-state index contributed by atoms with van der Waals surface area (Å²) in [7, 11) is 0. The number of hydrogen-bond donors (Lipinski definition) is 1. The van der Waals surface area contributed by atoms with Crippen LogP contribution in [-0.4, -0.2) is 41.9 Å². The van der Waals surface area contributed by atoms with E-state index in [1.165, 1.54) is 6.07 Å². The molecule has 3 nitrogen and oxygen atoms in total. The lowest BCUT2D eigenvalue weighted by Crippen LogP contribution is -2.44. The summed E-state index contributed by atoms with van der Waals surface area (Å²) >= 11 is 0. The predicted octanol–water partition coefficient (Wildman–Crippen LogP) is 1.78. The normalized spacial score (nSPS) is 23.2. The van der Waals surface area contributed by atoms with Crippen LogP contribution in [0.3, 0.4) is 0 Å². The van der Waals surface area contributed by atoms with Gasteiger partial charge in [0.2, 0.25) is 0 Å². The van der Waals surface area contributed by atoms with Crippen molar-refractivity contribution in [1.82, 2.24) is 4.90 Å². The van der Waals surface area contributed by atoms with Gasteiger partial charge in [-0.1, -0.05) is 17.9 Å². The van der Waals surface area contributed by atoms with Gasteiger partial charge in [-0.3, -0.25) is 4.90 Å². The molecule has 2 rings (SSSR count). The number of aliphatic hydroxyl groups excluding tert-OH is 1. The first-order valence-electron chi connectivity index (χ1n) is 6.84. The minimum atomic E-state index is -0.349. The van der Waals surface area contributed by atoms with Gasteiger partial charge in [-0.05, 0) is 31.5 Å². The lowest BCUT2D eigenvalue weighted by atomic mass is 10.1. The highest BCUT2D eigenvalue weighted by Gasteiger charge is 2.22. The van der Waals surface area contributed by atoms with Crippen LogP contribution in [0.25, 0.3) is 0 Å². The first-order chi connectivity index (χ1) is 9.58. The molecule has 0 spiro atoms. The highest BCUT2D eigenvalue weighted by atomic mass is 19.1. The Labute approximate surface area is 119 Å². The van der Waals surface area contributed by atoms with Crippen molar-refractivity contribution in [1.29, 1.82) is 0 Å². The molecule has 0 aromatic heterocycles. The van der Waals surface area contributed by atoms with Gasteiger partial charge >= 0.3 is 0 Å². The zero-order chi connectivity index (χ0) is 14.5. The number of aliphatic hydroxyl groups is 1. The fraction of sp³-hybridized carbons (Fsp3) is 0.500. The maximum Gasteiger partial charge on any atom is 0.138 e. The monoisotopic (exact) mass is 277 g/mol.